The highest BCUT2D eigenvalue weighted by molar-refractivity contribution is 6.07. The van der Waals surface area contributed by atoms with Crippen LogP contribution in [0.5, 0.6) is 5.75 Å². The number of aliphatic carboxylic acids is 3. The highest BCUT2D eigenvalue weighted by Crippen LogP contribution is 2.32. The molecule has 5 heterocycles. The lowest BCUT2D eigenvalue weighted by atomic mass is 10.1. The number of imide groups is 1. The first kappa shape index (κ1) is 75.0. The van der Waals surface area contributed by atoms with Crippen LogP contribution in [0.3, 0.4) is 0 Å². The summed E-state index contributed by atoms with van der Waals surface area (Å²) in [5.41, 5.74) is 3.01. The number of nitriles is 1. The summed E-state index contributed by atoms with van der Waals surface area (Å²) < 4.78 is 33.9. The first-order valence-corrected chi connectivity index (χ1v) is 33.0. The molecular weight excluding hydrogens is 1250 g/mol. The van der Waals surface area contributed by atoms with E-state index in [1.807, 2.05) is 24.0 Å². The Hall–Kier alpha value is -8.34. The van der Waals surface area contributed by atoms with Crippen LogP contribution in [-0.4, -0.2) is 293 Å². The number of pyridine rings is 1. The van der Waals surface area contributed by atoms with E-state index in [2.05, 4.69) is 43.3 Å². The van der Waals surface area contributed by atoms with E-state index in [9.17, 15) is 77.3 Å². The number of likely N-dealkylation sites (tertiary alicyclic amines) is 2. The molecule has 0 bridgehead atoms. The third-order valence-electron chi connectivity index (χ3n) is 17.7. The second-order valence-corrected chi connectivity index (χ2v) is 25.3. The monoisotopic (exact) mass is 1340 g/mol. The first-order chi connectivity index (χ1) is 45.9. The van der Waals surface area contributed by atoms with Crippen molar-refractivity contribution in [2.45, 2.75) is 102 Å². The number of rotatable bonds is 33. The Labute approximate surface area is 557 Å². The second-order valence-electron chi connectivity index (χ2n) is 25.3. The summed E-state index contributed by atoms with van der Waals surface area (Å²) in [5, 5.41) is 50.5. The molecule has 0 aliphatic carbocycles. The number of carboxylic acid groups (broad SMARTS) is 3. The fraction of sp³-hybridized carbons (Fsp3) is 0.606. The van der Waals surface area contributed by atoms with Crippen molar-refractivity contribution >= 4 is 70.2 Å². The number of nitrogens with zero attached hydrogens (tertiary/aromatic N) is 10. The number of aromatic nitrogens is 1. The lowest BCUT2D eigenvalue weighted by Gasteiger charge is -2.36. The van der Waals surface area contributed by atoms with E-state index in [0.29, 0.717) is 94.5 Å². The third-order valence-corrected chi connectivity index (χ3v) is 17.7. The number of unbranched alkanes of at least 4 members (excludes halogenated alkanes) is 2. The summed E-state index contributed by atoms with van der Waals surface area (Å²) in [6.07, 6.45) is 5.38. The van der Waals surface area contributed by atoms with Crippen LogP contribution in [0, 0.1) is 24.2 Å². The van der Waals surface area contributed by atoms with Gasteiger partial charge in [-0.1, -0.05) is 36.8 Å². The Morgan fingerprint density at radius 1 is 0.740 bits per heavy atom. The number of aryl methyl sites for hydroxylation is 2. The maximum Gasteiger partial charge on any atom is 0.317 e. The quantitative estimate of drug-likeness (QED) is 0.0330. The molecule has 4 atom stereocenters. The summed E-state index contributed by atoms with van der Waals surface area (Å²) in [6.45, 7) is 6.44. The second kappa shape index (κ2) is 37.2. The fourth-order valence-electron chi connectivity index (χ4n) is 12.3. The van der Waals surface area contributed by atoms with Gasteiger partial charge in [-0.3, -0.25) is 82.3 Å². The van der Waals surface area contributed by atoms with Crippen molar-refractivity contribution in [3.63, 3.8) is 0 Å². The van der Waals surface area contributed by atoms with Gasteiger partial charge in [-0.15, -0.1) is 0 Å². The Morgan fingerprint density at radius 3 is 1.97 bits per heavy atom. The van der Waals surface area contributed by atoms with E-state index in [4.69, 9.17) is 4.74 Å². The predicted molar refractivity (Wildman–Crippen MR) is 346 cm³/mol. The molecule has 4 aliphatic heterocycles. The number of hydrogen-bond donors (Lipinski definition) is 7. The van der Waals surface area contributed by atoms with Gasteiger partial charge in [0.15, 0.2) is 0 Å². The molecule has 3 unspecified atom stereocenters. The van der Waals surface area contributed by atoms with Crippen molar-refractivity contribution in [3.05, 3.63) is 71.4 Å². The van der Waals surface area contributed by atoms with Gasteiger partial charge in [-0.05, 0) is 88.2 Å². The molecule has 2 aromatic carbocycles. The van der Waals surface area contributed by atoms with Gasteiger partial charge < -0.3 is 51.1 Å². The zero-order valence-electron chi connectivity index (χ0n) is 54.9. The summed E-state index contributed by atoms with van der Waals surface area (Å²) in [5.74, 6) is -9.62. The van der Waals surface area contributed by atoms with Crippen molar-refractivity contribution in [3.8, 4) is 11.8 Å². The van der Waals surface area contributed by atoms with E-state index < -0.39 is 96.9 Å². The van der Waals surface area contributed by atoms with E-state index in [0.717, 1.165) is 40.3 Å². The number of carboxylic acids is 3. The zero-order chi connectivity index (χ0) is 69.3. The number of benzene rings is 2. The Balaban J connectivity index is 0.865. The smallest absolute Gasteiger partial charge is 0.317 e. The van der Waals surface area contributed by atoms with Crippen LogP contribution < -0.4 is 26.0 Å². The fourth-order valence-corrected chi connectivity index (χ4v) is 12.3. The Kier molecular flexibility index (Phi) is 29.1. The summed E-state index contributed by atoms with van der Waals surface area (Å²) in [7, 11) is 0. The van der Waals surface area contributed by atoms with Crippen LogP contribution in [0.1, 0.15) is 86.2 Å². The molecule has 96 heavy (non-hydrogen) atoms. The van der Waals surface area contributed by atoms with Gasteiger partial charge in [0.1, 0.15) is 11.8 Å². The SMILES string of the molecule is Cc1ccc(CCCC(=O)NCCCCC(CNC2CC(=O)N(CC(C)C(=O)N3CCN(CCCCOc4ccc5nccc(C(=O)NCC(=O)N6CC(F)(F)C[C@@H]6C#N)c5c4)CC3)C2=O)NC(=O)CN2CCN(CC(=O)O)CCN(CC(=O)O)CCN(CC(=O)O)CC2)cc1. The molecule has 7 rings (SSSR count). The predicted octanol–water partition coefficient (Wildman–Crippen LogP) is 0.959. The van der Waals surface area contributed by atoms with Crippen LogP contribution in [-0.2, 0) is 49.6 Å². The van der Waals surface area contributed by atoms with E-state index >= 15 is 0 Å². The molecule has 7 amide bonds. The molecule has 4 saturated heterocycles. The van der Waals surface area contributed by atoms with Crippen molar-refractivity contribution in [2.24, 2.45) is 5.92 Å². The molecule has 3 aromatic rings. The highest BCUT2D eigenvalue weighted by Gasteiger charge is 2.47. The molecule has 0 radical (unpaired) electrons. The average Bonchev–Trinajstić information content (AvgIpc) is 1.34. The largest absolute Gasteiger partial charge is 0.494 e. The molecule has 0 saturated carbocycles. The number of carbonyl (C=O) groups is 10. The van der Waals surface area contributed by atoms with Gasteiger partial charge in [-0.2, -0.15) is 5.26 Å². The minimum absolute atomic E-state index is 0.0714. The Morgan fingerprint density at radius 2 is 1.35 bits per heavy atom. The molecule has 4 fully saturated rings. The molecule has 28 nitrogen and oxygen atoms in total. The normalized spacial score (nSPS) is 19.4. The number of nitrogens with one attached hydrogen (secondary N) is 4. The summed E-state index contributed by atoms with van der Waals surface area (Å²) in [6, 6.07) is 13.7. The van der Waals surface area contributed by atoms with E-state index in [-0.39, 0.29) is 115 Å². The number of halogens is 2. The standard InChI is InChI=1S/C66H92F2N14O14/c1-46-11-13-48(14-12-46)8-7-10-56(83)71-18-4-3-9-49(74-57(84)41-76-21-23-77(42-60(87)88)25-27-79(44-62(91)92)28-26-78(24-22-76)43-61(89)90)38-72-55-35-58(85)81(65(55)95)40-47(2)64(94)80-31-29-75(30-32-80)20-5-6-33-96-51-15-16-54-53(34-51)52(17-19-70-54)63(93)73-39-59(86)82-45-66(67,68)36-50(82)37-69/h11-17,19,34,47,49-50,55,72H,3-10,18,20-33,35-36,38-45H2,1-2H3,(H,71,83)(H,73,93)(H,74,84)(H,87,88)(H,89,90)(H,91,92)/t47?,49?,50-,55?/m1/s1. The molecule has 30 heteroatoms. The number of hydrogen-bond acceptors (Lipinski definition) is 19. The number of carbonyl (C=O) groups excluding carboxylic acids is 7. The summed E-state index contributed by atoms with van der Waals surface area (Å²) in [4.78, 5) is 147. The zero-order valence-corrected chi connectivity index (χ0v) is 54.9. The van der Waals surface area contributed by atoms with Gasteiger partial charge in [0, 0.05) is 129 Å². The van der Waals surface area contributed by atoms with Gasteiger partial charge >= 0.3 is 17.9 Å². The van der Waals surface area contributed by atoms with Crippen molar-refractivity contribution in [1.82, 2.24) is 65.5 Å². The van der Waals surface area contributed by atoms with Crippen LogP contribution >= 0.6 is 0 Å². The molecule has 524 valence electrons. The lowest BCUT2D eigenvalue weighted by Crippen LogP contribution is -2.52. The maximum absolute atomic E-state index is 14.1. The van der Waals surface area contributed by atoms with Crippen molar-refractivity contribution in [1.29, 1.82) is 5.26 Å². The third kappa shape index (κ3) is 24.4. The number of amides is 7. The number of fused-ring (bicyclic) bond motifs is 1. The van der Waals surface area contributed by atoms with Crippen LogP contribution in [0.25, 0.3) is 10.9 Å². The van der Waals surface area contributed by atoms with Crippen LogP contribution in [0.15, 0.2) is 54.7 Å². The van der Waals surface area contributed by atoms with Gasteiger partial charge in [0.05, 0.1) is 81.4 Å². The molecular formula is C66H92F2N14O14. The van der Waals surface area contributed by atoms with Gasteiger partial charge in [-0.25, -0.2) is 8.78 Å². The Bertz CT molecular complexity index is 3190. The molecule has 0 spiro atoms. The maximum atomic E-state index is 14.1. The van der Waals surface area contributed by atoms with Crippen LogP contribution in [0.2, 0.25) is 0 Å². The van der Waals surface area contributed by atoms with E-state index in [1.165, 1.54) is 12.3 Å². The van der Waals surface area contributed by atoms with E-state index in [1.54, 1.807) is 50.8 Å². The van der Waals surface area contributed by atoms with Crippen molar-refractivity contribution in [2.75, 3.05) is 151 Å². The average molecular weight is 1340 g/mol. The minimum atomic E-state index is -3.19. The molecule has 4 aliphatic rings. The highest BCUT2D eigenvalue weighted by atomic mass is 19.3. The first-order valence-electron chi connectivity index (χ1n) is 33.0. The van der Waals surface area contributed by atoms with Gasteiger partial charge in [0.25, 0.3) is 11.8 Å². The molecule has 7 N–H and O–H groups in total. The topological polar surface area (TPSA) is 351 Å². The number of ether oxygens (including phenoxy) is 1. The van der Waals surface area contributed by atoms with Crippen molar-refractivity contribution < 1.29 is 76.8 Å². The lowest BCUT2D eigenvalue weighted by molar-refractivity contribution is -0.143. The number of alkyl halides is 2. The van der Waals surface area contributed by atoms with Gasteiger partial charge in [0.2, 0.25) is 35.4 Å². The minimum Gasteiger partial charge on any atom is -0.494 e. The number of piperazine rings is 1. The molecule has 1 aromatic heterocycles. The summed E-state index contributed by atoms with van der Waals surface area (Å²) >= 11 is 0. The van der Waals surface area contributed by atoms with Crippen LogP contribution in [0.4, 0.5) is 8.78 Å².